The molecular formula is C24H31N5O4. The van der Waals surface area contributed by atoms with Crippen molar-refractivity contribution in [3.8, 4) is 5.75 Å². The Kier molecular flexibility index (Phi) is 7.87. The highest BCUT2D eigenvalue weighted by molar-refractivity contribution is 5.90. The average molecular weight is 454 g/mol. The number of amides is 1. The quantitative estimate of drug-likeness (QED) is 0.393. The number of hydrogen-bond acceptors (Lipinski definition) is 8. The Balaban J connectivity index is 1.33. The minimum absolute atomic E-state index is 0.181. The van der Waals surface area contributed by atoms with Crippen LogP contribution >= 0.6 is 0 Å². The molecule has 1 aromatic heterocycles. The fourth-order valence-corrected chi connectivity index (χ4v) is 4.14. The predicted octanol–water partition coefficient (Wildman–Crippen LogP) is 2.46. The summed E-state index contributed by atoms with van der Waals surface area (Å²) in [5, 5.41) is 7.02. The van der Waals surface area contributed by atoms with Crippen molar-refractivity contribution in [3.63, 3.8) is 0 Å². The summed E-state index contributed by atoms with van der Waals surface area (Å²) in [6.45, 7) is 2.40. The summed E-state index contributed by atoms with van der Waals surface area (Å²) in [6.07, 6.45) is 10.5. The number of aromatic nitrogens is 2. The highest BCUT2D eigenvalue weighted by Crippen LogP contribution is 2.29. The summed E-state index contributed by atoms with van der Waals surface area (Å²) >= 11 is 0. The fourth-order valence-electron chi connectivity index (χ4n) is 4.14. The molecule has 1 unspecified atom stereocenters. The van der Waals surface area contributed by atoms with Crippen molar-refractivity contribution in [1.29, 1.82) is 0 Å². The maximum atomic E-state index is 12.0. The van der Waals surface area contributed by atoms with Crippen molar-refractivity contribution >= 4 is 17.8 Å². The van der Waals surface area contributed by atoms with Gasteiger partial charge >= 0.3 is 0 Å². The van der Waals surface area contributed by atoms with Gasteiger partial charge in [0.05, 0.1) is 30.7 Å². The van der Waals surface area contributed by atoms with Gasteiger partial charge in [-0.3, -0.25) is 9.78 Å². The van der Waals surface area contributed by atoms with E-state index in [0.717, 1.165) is 56.5 Å². The number of benzene rings is 1. The molecule has 3 N–H and O–H groups in total. The van der Waals surface area contributed by atoms with E-state index in [-0.39, 0.29) is 17.7 Å². The number of nitrogens with zero attached hydrogens (tertiary/aromatic N) is 2. The zero-order chi connectivity index (χ0) is 22.9. The second-order valence-electron chi connectivity index (χ2n) is 8.36. The van der Waals surface area contributed by atoms with Gasteiger partial charge in [-0.15, -0.1) is 0 Å². The fraction of sp³-hybridized carbons (Fsp3) is 0.458. The number of anilines is 1. The molecule has 0 radical (unpaired) electrons. The zero-order valence-electron chi connectivity index (χ0n) is 18.9. The molecule has 2 atom stereocenters. The molecule has 33 heavy (non-hydrogen) atoms. The van der Waals surface area contributed by atoms with Gasteiger partial charge < -0.3 is 20.1 Å². The van der Waals surface area contributed by atoms with Gasteiger partial charge in [-0.25, -0.2) is 15.3 Å². The topological polar surface area (TPSA) is 107 Å². The van der Waals surface area contributed by atoms with Gasteiger partial charge in [-0.2, -0.15) is 0 Å². The molecule has 9 heteroatoms. The highest BCUT2D eigenvalue weighted by atomic mass is 16.8. The number of carbonyl (C=O) groups is 1. The van der Waals surface area contributed by atoms with Crippen LogP contribution < -0.4 is 20.9 Å². The van der Waals surface area contributed by atoms with Crippen LogP contribution in [0.25, 0.3) is 6.08 Å². The molecule has 1 aromatic carbocycles. The maximum absolute atomic E-state index is 12.0. The third-order valence-corrected chi connectivity index (χ3v) is 5.86. The van der Waals surface area contributed by atoms with E-state index >= 15 is 0 Å². The van der Waals surface area contributed by atoms with Gasteiger partial charge in [0, 0.05) is 32.1 Å². The SMILES string of the molecule is COc1ccccc1C[C@@]1(Nc2cnc(/C=C/C(=O)NOC3CCCCO3)cn2)CCNC1. The number of para-hydroxylation sites is 1. The molecule has 0 aliphatic carbocycles. The smallest absolute Gasteiger partial charge is 0.267 e. The minimum Gasteiger partial charge on any atom is -0.496 e. The van der Waals surface area contributed by atoms with Crippen LogP contribution in [0.1, 0.15) is 36.9 Å². The van der Waals surface area contributed by atoms with E-state index < -0.39 is 0 Å². The molecule has 176 valence electrons. The van der Waals surface area contributed by atoms with Crippen molar-refractivity contribution in [2.45, 2.75) is 43.9 Å². The van der Waals surface area contributed by atoms with Crippen LogP contribution in [0.3, 0.4) is 0 Å². The Morgan fingerprint density at radius 1 is 1.30 bits per heavy atom. The van der Waals surface area contributed by atoms with Crippen molar-refractivity contribution in [2.24, 2.45) is 0 Å². The van der Waals surface area contributed by atoms with Crippen LogP contribution in [-0.2, 0) is 20.8 Å². The Hall–Kier alpha value is -3.01. The zero-order valence-corrected chi connectivity index (χ0v) is 18.9. The van der Waals surface area contributed by atoms with E-state index in [1.807, 2.05) is 18.2 Å². The van der Waals surface area contributed by atoms with Crippen LogP contribution in [0.15, 0.2) is 42.7 Å². The second kappa shape index (κ2) is 11.2. The van der Waals surface area contributed by atoms with Crippen LogP contribution in [0.4, 0.5) is 5.82 Å². The van der Waals surface area contributed by atoms with Crippen LogP contribution in [0.2, 0.25) is 0 Å². The van der Waals surface area contributed by atoms with Gasteiger partial charge in [-0.1, -0.05) is 18.2 Å². The average Bonchev–Trinajstić information content (AvgIpc) is 3.31. The monoisotopic (exact) mass is 453 g/mol. The number of methoxy groups -OCH3 is 1. The Labute approximate surface area is 193 Å². The molecule has 4 rings (SSSR count). The van der Waals surface area contributed by atoms with Gasteiger partial charge in [0.2, 0.25) is 0 Å². The van der Waals surface area contributed by atoms with Crippen LogP contribution in [0, 0.1) is 0 Å². The van der Waals surface area contributed by atoms with Crippen LogP contribution in [-0.4, -0.2) is 54.5 Å². The Morgan fingerprint density at radius 3 is 2.94 bits per heavy atom. The van der Waals surface area contributed by atoms with Gasteiger partial charge in [-0.05, 0) is 43.5 Å². The highest BCUT2D eigenvalue weighted by Gasteiger charge is 2.35. The number of ether oxygens (including phenoxy) is 2. The lowest BCUT2D eigenvalue weighted by Gasteiger charge is -2.31. The molecular weight excluding hydrogens is 422 g/mol. The third-order valence-electron chi connectivity index (χ3n) is 5.86. The number of nitrogens with one attached hydrogen (secondary N) is 3. The first-order valence-electron chi connectivity index (χ1n) is 11.3. The molecule has 9 nitrogen and oxygen atoms in total. The van der Waals surface area contributed by atoms with Gasteiger partial charge in [0.25, 0.3) is 5.91 Å². The van der Waals surface area contributed by atoms with Gasteiger partial charge in [0.15, 0.2) is 6.29 Å². The molecule has 2 aliphatic rings. The first-order chi connectivity index (χ1) is 16.2. The summed E-state index contributed by atoms with van der Waals surface area (Å²) in [5.74, 6) is 1.20. The summed E-state index contributed by atoms with van der Waals surface area (Å²) in [7, 11) is 1.69. The maximum Gasteiger partial charge on any atom is 0.267 e. The van der Waals surface area contributed by atoms with Crippen LogP contribution in [0.5, 0.6) is 5.75 Å². The van der Waals surface area contributed by atoms with Gasteiger partial charge in [0.1, 0.15) is 11.6 Å². The first-order valence-corrected chi connectivity index (χ1v) is 11.3. The molecule has 2 aromatic rings. The largest absolute Gasteiger partial charge is 0.496 e. The summed E-state index contributed by atoms with van der Waals surface area (Å²) < 4.78 is 10.9. The number of rotatable bonds is 9. The van der Waals surface area contributed by atoms with Crippen molar-refractivity contribution in [1.82, 2.24) is 20.8 Å². The predicted molar refractivity (Wildman–Crippen MR) is 124 cm³/mol. The number of carbonyl (C=O) groups excluding carboxylic acids is 1. The summed E-state index contributed by atoms with van der Waals surface area (Å²) in [5.41, 5.74) is 3.94. The Morgan fingerprint density at radius 2 is 2.21 bits per heavy atom. The van der Waals surface area contributed by atoms with Crippen molar-refractivity contribution in [3.05, 3.63) is 54.0 Å². The lowest BCUT2D eigenvalue weighted by atomic mass is 9.89. The third kappa shape index (κ3) is 6.50. The number of hydroxylamine groups is 1. The first kappa shape index (κ1) is 23.2. The van der Waals surface area contributed by atoms with E-state index in [2.05, 4.69) is 32.1 Å². The summed E-state index contributed by atoms with van der Waals surface area (Å²) in [4.78, 5) is 26.2. The molecule has 2 aliphatic heterocycles. The second-order valence-corrected chi connectivity index (χ2v) is 8.36. The van der Waals surface area contributed by atoms with E-state index in [4.69, 9.17) is 14.3 Å². The molecule has 2 fully saturated rings. The molecule has 0 spiro atoms. The standard InChI is InChI=1S/C24H31N5O4/c1-31-20-7-3-2-6-18(20)14-24(11-12-25-17-24)28-21-16-26-19(15-27-21)9-10-22(30)29-33-23-8-4-5-13-32-23/h2-3,6-7,9-10,15-16,23,25H,4-5,8,11-14,17H2,1H3,(H,27,28)(H,29,30)/b10-9+/t23?,24-/m0/s1. The Bertz CT molecular complexity index is 938. The molecule has 0 saturated carbocycles. The normalized spacial score (nSPS) is 22.9. The minimum atomic E-state index is -0.380. The van der Waals surface area contributed by atoms with Crippen molar-refractivity contribution < 1.29 is 19.1 Å². The van der Waals surface area contributed by atoms with E-state index in [0.29, 0.717) is 18.1 Å². The van der Waals surface area contributed by atoms with E-state index in [1.54, 1.807) is 25.6 Å². The van der Waals surface area contributed by atoms with Crippen molar-refractivity contribution in [2.75, 3.05) is 32.1 Å². The molecule has 2 saturated heterocycles. The lowest BCUT2D eigenvalue weighted by Crippen LogP contribution is -2.43. The molecule has 3 heterocycles. The molecule has 1 amide bonds. The summed E-state index contributed by atoms with van der Waals surface area (Å²) in [6, 6.07) is 8.08. The van der Waals surface area contributed by atoms with E-state index in [9.17, 15) is 4.79 Å². The number of hydrogen-bond donors (Lipinski definition) is 3. The van der Waals surface area contributed by atoms with E-state index in [1.165, 1.54) is 6.08 Å². The molecule has 0 bridgehead atoms. The lowest BCUT2D eigenvalue weighted by molar-refractivity contribution is -0.198.